The van der Waals surface area contributed by atoms with Crippen molar-refractivity contribution < 1.29 is 14.8 Å². The average Bonchev–Trinajstić information content (AvgIpc) is 2.08. The van der Waals surface area contributed by atoms with E-state index in [1.54, 1.807) is 6.92 Å². The number of carbonyl (C=O) groups is 1. The van der Waals surface area contributed by atoms with Crippen LogP contribution in [-0.2, 0) is 0 Å². The Bertz CT molecular complexity index is 338. The Kier molecular flexibility index (Phi) is 3.09. The first-order valence-corrected chi connectivity index (χ1v) is 4.05. The Morgan fingerprint density at radius 1 is 1.46 bits per heavy atom. The van der Waals surface area contributed by atoms with Crippen molar-refractivity contribution in [1.29, 1.82) is 0 Å². The van der Waals surface area contributed by atoms with Crippen molar-refractivity contribution in [2.24, 2.45) is 0 Å². The third kappa shape index (κ3) is 2.09. The van der Waals surface area contributed by atoms with Gasteiger partial charge in [0.05, 0.1) is 0 Å². The van der Waals surface area contributed by atoms with Crippen LogP contribution in [0.5, 0.6) is 0 Å². The first kappa shape index (κ1) is 10.2. The Labute approximate surface area is 81.1 Å². The summed E-state index contributed by atoms with van der Waals surface area (Å²) in [7, 11) is -1.67. The molecular formula is C8H8BClO3. The van der Waals surface area contributed by atoms with Crippen molar-refractivity contribution in [3.8, 4) is 0 Å². The molecule has 0 unspecified atom stereocenters. The zero-order valence-corrected chi connectivity index (χ0v) is 7.75. The fraction of sp³-hybridized carbons (Fsp3) is 0.125. The summed E-state index contributed by atoms with van der Waals surface area (Å²) in [6.07, 6.45) is 0.568. The van der Waals surface area contributed by atoms with E-state index < -0.39 is 7.12 Å². The van der Waals surface area contributed by atoms with Crippen LogP contribution in [0.1, 0.15) is 15.9 Å². The normalized spacial score (nSPS) is 9.85. The van der Waals surface area contributed by atoms with E-state index in [1.165, 1.54) is 12.1 Å². The number of hydrogen-bond donors (Lipinski definition) is 2. The van der Waals surface area contributed by atoms with Crippen LogP contribution < -0.4 is 5.46 Å². The van der Waals surface area contributed by atoms with Gasteiger partial charge in [-0.3, -0.25) is 4.79 Å². The van der Waals surface area contributed by atoms with Crippen LogP contribution in [0.2, 0.25) is 5.02 Å². The third-order valence-corrected chi connectivity index (χ3v) is 2.18. The molecule has 0 amide bonds. The number of hydrogen-bond acceptors (Lipinski definition) is 3. The van der Waals surface area contributed by atoms with Gasteiger partial charge in [0.1, 0.15) is 6.29 Å². The van der Waals surface area contributed by atoms with E-state index >= 15 is 0 Å². The van der Waals surface area contributed by atoms with Crippen molar-refractivity contribution in [2.75, 3.05) is 0 Å². The Morgan fingerprint density at radius 3 is 2.54 bits per heavy atom. The quantitative estimate of drug-likeness (QED) is 0.525. The first-order chi connectivity index (χ1) is 6.06. The molecule has 13 heavy (non-hydrogen) atoms. The minimum atomic E-state index is -1.67. The van der Waals surface area contributed by atoms with Gasteiger partial charge in [-0.25, -0.2) is 0 Å². The predicted molar refractivity (Wildman–Crippen MR) is 51.4 cm³/mol. The fourth-order valence-corrected chi connectivity index (χ4v) is 1.22. The van der Waals surface area contributed by atoms with E-state index in [0.29, 0.717) is 11.3 Å². The summed E-state index contributed by atoms with van der Waals surface area (Å²) in [5, 5.41) is 18.2. The molecule has 0 aliphatic rings. The maximum Gasteiger partial charge on any atom is 0.489 e. The molecule has 1 aromatic carbocycles. The Hall–Kier alpha value is -0.835. The standard InChI is InChI=1S/C8H8BClO3/c1-5-2-6(4-11)7(9(12)13)3-8(5)10/h2-4,12-13H,1H3. The van der Waals surface area contributed by atoms with Crippen molar-refractivity contribution >= 4 is 30.5 Å². The molecule has 0 fully saturated rings. The van der Waals surface area contributed by atoms with E-state index in [4.69, 9.17) is 21.6 Å². The molecule has 0 spiro atoms. The SMILES string of the molecule is Cc1cc(C=O)c(B(O)O)cc1Cl. The van der Waals surface area contributed by atoms with Gasteiger partial charge in [-0.05, 0) is 30.1 Å². The van der Waals surface area contributed by atoms with E-state index in [-0.39, 0.29) is 11.0 Å². The molecular weight excluding hydrogens is 190 g/mol. The summed E-state index contributed by atoms with van der Waals surface area (Å²) in [5.74, 6) is 0. The van der Waals surface area contributed by atoms with E-state index in [1.807, 2.05) is 0 Å². The van der Waals surface area contributed by atoms with E-state index in [9.17, 15) is 4.79 Å². The molecule has 0 radical (unpaired) electrons. The minimum absolute atomic E-state index is 0.130. The molecule has 1 aromatic rings. The molecule has 2 N–H and O–H groups in total. The number of carbonyl (C=O) groups excluding carboxylic acids is 1. The minimum Gasteiger partial charge on any atom is -0.423 e. The third-order valence-electron chi connectivity index (χ3n) is 1.77. The summed E-state index contributed by atoms with van der Waals surface area (Å²) in [6, 6.07) is 2.90. The number of rotatable bonds is 2. The average molecular weight is 198 g/mol. The molecule has 0 saturated heterocycles. The molecule has 0 saturated carbocycles. The van der Waals surface area contributed by atoms with Gasteiger partial charge >= 0.3 is 7.12 Å². The van der Waals surface area contributed by atoms with Gasteiger partial charge in [-0.15, -0.1) is 0 Å². The second-order valence-electron chi connectivity index (χ2n) is 2.72. The topological polar surface area (TPSA) is 57.5 Å². The summed E-state index contributed by atoms with van der Waals surface area (Å²) >= 11 is 5.75. The molecule has 0 aliphatic carbocycles. The number of aryl methyl sites for hydroxylation is 1. The smallest absolute Gasteiger partial charge is 0.423 e. The summed E-state index contributed by atoms with van der Waals surface area (Å²) < 4.78 is 0. The van der Waals surface area contributed by atoms with Crippen LogP contribution in [0.25, 0.3) is 0 Å². The molecule has 0 bridgehead atoms. The lowest BCUT2D eigenvalue weighted by Gasteiger charge is -2.06. The maximum atomic E-state index is 10.5. The summed E-state index contributed by atoms with van der Waals surface area (Å²) in [6.45, 7) is 1.74. The van der Waals surface area contributed by atoms with Gasteiger partial charge in [-0.2, -0.15) is 0 Å². The van der Waals surface area contributed by atoms with Crippen LogP contribution in [0.4, 0.5) is 0 Å². The molecule has 0 aliphatic heterocycles. The molecule has 5 heteroatoms. The number of benzene rings is 1. The second-order valence-corrected chi connectivity index (χ2v) is 3.13. The summed E-state index contributed by atoms with van der Waals surface area (Å²) in [5.41, 5.74) is 1.11. The lowest BCUT2D eigenvalue weighted by Crippen LogP contribution is -2.33. The largest absolute Gasteiger partial charge is 0.489 e. The lowest BCUT2D eigenvalue weighted by atomic mass is 9.77. The second kappa shape index (κ2) is 3.92. The maximum absolute atomic E-state index is 10.5. The van der Waals surface area contributed by atoms with Gasteiger partial charge in [0, 0.05) is 10.6 Å². The van der Waals surface area contributed by atoms with Crippen LogP contribution in [-0.4, -0.2) is 23.5 Å². The highest BCUT2D eigenvalue weighted by Crippen LogP contribution is 2.14. The van der Waals surface area contributed by atoms with Crippen LogP contribution in [0.3, 0.4) is 0 Å². The van der Waals surface area contributed by atoms with Gasteiger partial charge in [0.15, 0.2) is 0 Å². The Balaban J connectivity index is 3.32. The number of aldehydes is 1. The molecule has 0 aromatic heterocycles. The van der Waals surface area contributed by atoms with E-state index in [0.717, 1.165) is 5.56 Å². The van der Waals surface area contributed by atoms with Crippen molar-refractivity contribution in [1.82, 2.24) is 0 Å². The Morgan fingerprint density at radius 2 is 2.08 bits per heavy atom. The molecule has 0 atom stereocenters. The lowest BCUT2D eigenvalue weighted by molar-refractivity contribution is 0.112. The van der Waals surface area contributed by atoms with Crippen LogP contribution in [0.15, 0.2) is 12.1 Å². The zero-order valence-electron chi connectivity index (χ0n) is 6.99. The van der Waals surface area contributed by atoms with E-state index in [2.05, 4.69) is 0 Å². The first-order valence-electron chi connectivity index (χ1n) is 3.67. The predicted octanol–water partition coefficient (Wildman–Crippen LogP) is 0.141. The highest BCUT2D eigenvalue weighted by molar-refractivity contribution is 6.60. The molecule has 1 rings (SSSR count). The van der Waals surface area contributed by atoms with Crippen molar-refractivity contribution in [3.05, 3.63) is 28.3 Å². The van der Waals surface area contributed by atoms with Crippen molar-refractivity contribution in [3.63, 3.8) is 0 Å². The number of halogens is 1. The van der Waals surface area contributed by atoms with Gasteiger partial charge < -0.3 is 10.0 Å². The van der Waals surface area contributed by atoms with Gasteiger partial charge in [0.2, 0.25) is 0 Å². The molecule has 3 nitrogen and oxygen atoms in total. The van der Waals surface area contributed by atoms with Crippen molar-refractivity contribution in [2.45, 2.75) is 6.92 Å². The highest BCUT2D eigenvalue weighted by Gasteiger charge is 2.16. The van der Waals surface area contributed by atoms with Gasteiger partial charge in [-0.1, -0.05) is 11.6 Å². The summed E-state index contributed by atoms with van der Waals surface area (Å²) in [4.78, 5) is 10.5. The van der Waals surface area contributed by atoms with Crippen LogP contribution >= 0.6 is 11.6 Å². The molecule has 0 heterocycles. The van der Waals surface area contributed by atoms with Gasteiger partial charge in [0.25, 0.3) is 0 Å². The zero-order chi connectivity index (χ0) is 10.0. The molecule has 68 valence electrons. The monoisotopic (exact) mass is 198 g/mol. The highest BCUT2D eigenvalue weighted by atomic mass is 35.5. The fourth-order valence-electron chi connectivity index (χ4n) is 1.04. The van der Waals surface area contributed by atoms with Crippen LogP contribution in [0, 0.1) is 6.92 Å².